The first-order valence-electron chi connectivity index (χ1n) is 7.86. The molecular formula is C21H20O3. The monoisotopic (exact) mass is 320 g/mol. The van der Waals surface area contributed by atoms with E-state index in [2.05, 4.69) is 0 Å². The minimum Gasteiger partial charge on any atom is -0.497 e. The molecular weight excluding hydrogens is 300 g/mol. The lowest BCUT2D eigenvalue weighted by atomic mass is 10.2. The minimum absolute atomic E-state index is 0.522. The summed E-state index contributed by atoms with van der Waals surface area (Å²) in [7, 11) is 1.66. The van der Waals surface area contributed by atoms with Crippen molar-refractivity contribution in [3.63, 3.8) is 0 Å². The van der Waals surface area contributed by atoms with Gasteiger partial charge < -0.3 is 14.2 Å². The number of hydrogen-bond acceptors (Lipinski definition) is 3. The maximum atomic E-state index is 5.79. The van der Waals surface area contributed by atoms with E-state index >= 15 is 0 Å². The van der Waals surface area contributed by atoms with Gasteiger partial charge in [0.15, 0.2) is 0 Å². The third kappa shape index (κ3) is 4.53. The topological polar surface area (TPSA) is 27.7 Å². The maximum Gasteiger partial charge on any atom is 0.120 e. The average molecular weight is 320 g/mol. The molecule has 0 unspecified atom stereocenters. The van der Waals surface area contributed by atoms with Crippen LogP contribution in [-0.4, -0.2) is 7.11 Å². The third-order valence-corrected chi connectivity index (χ3v) is 3.64. The van der Waals surface area contributed by atoms with E-state index in [9.17, 15) is 0 Å². The zero-order valence-electron chi connectivity index (χ0n) is 13.6. The van der Waals surface area contributed by atoms with Crippen LogP contribution in [0.3, 0.4) is 0 Å². The summed E-state index contributed by atoms with van der Waals surface area (Å²) in [6.07, 6.45) is 0. The van der Waals surface area contributed by atoms with E-state index < -0.39 is 0 Å². The quantitative estimate of drug-likeness (QED) is 0.622. The SMILES string of the molecule is COc1ccc(COc2ccc(OCc3ccccc3)cc2)cc1. The van der Waals surface area contributed by atoms with Crippen molar-refractivity contribution in [3.8, 4) is 17.2 Å². The number of hydrogen-bond donors (Lipinski definition) is 0. The van der Waals surface area contributed by atoms with Crippen LogP contribution < -0.4 is 14.2 Å². The number of benzene rings is 3. The van der Waals surface area contributed by atoms with Crippen LogP contribution in [0.25, 0.3) is 0 Å². The molecule has 3 heteroatoms. The Bertz CT molecular complexity index is 734. The molecule has 0 atom stereocenters. The molecule has 3 aromatic rings. The molecule has 0 aromatic heterocycles. The zero-order chi connectivity index (χ0) is 16.6. The molecule has 122 valence electrons. The van der Waals surface area contributed by atoms with E-state index in [1.165, 1.54) is 0 Å². The van der Waals surface area contributed by atoms with E-state index in [0.717, 1.165) is 28.4 Å². The lowest BCUT2D eigenvalue weighted by molar-refractivity contribution is 0.297. The fourth-order valence-corrected chi connectivity index (χ4v) is 2.26. The summed E-state index contributed by atoms with van der Waals surface area (Å²) in [4.78, 5) is 0. The van der Waals surface area contributed by atoms with Crippen LogP contribution in [0.5, 0.6) is 17.2 Å². The van der Waals surface area contributed by atoms with Gasteiger partial charge in [-0.15, -0.1) is 0 Å². The van der Waals surface area contributed by atoms with Crippen molar-refractivity contribution >= 4 is 0 Å². The Morgan fingerprint density at radius 1 is 0.542 bits per heavy atom. The summed E-state index contributed by atoms with van der Waals surface area (Å²) in [6.45, 7) is 1.08. The van der Waals surface area contributed by atoms with Crippen molar-refractivity contribution in [1.29, 1.82) is 0 Å². The molecule has 0 saturated carbocycles. The van der Waals surface area contributed by atoms with Crippen LogP contribution in [0.15, 0.2) is 78.9 Å². The smallest absolute Gasteiger partial charge is 0.120 e. The number of ether oxygens (including phenoxy) is 3. The molecule has 3 rings (SSSR count). The van der Waals surface area contributed by atoms with Gasteiger partial charge in [-0.1, -0.05) is 42.5 Å². The van der Waals surface area contributed by atoms with Crippen molar-refractivity contribution in [2.75, 3.05) is 7.11 Å². The highest BCUT2D eigenvalue weighted by atomic mass is 16.5. The van der Waals surface area contributed by atoms with Crippen molar-refractivity contribution in [1.82, 2.24) is 0 Å². The van der Waals surface area contributed by atoms with Crippen molar-refractivity contribution in [2.24, 2.45) is 0 Å². The van der Waals surface area contributed by atoms with E-state index in [4.69, 9.17) is 14.2 Å². The van der Waals surface area contributed by atoms with Crippen LogP contribution >= 0.6 is 0 Å². The highest BCUT2D eigenvalue weighted by molar-refractivity contribution is 5.32. The Kier molecular flexibility index (Phi) is 5.36. The lowest BCUT2D eigenvalue weighted by Crippen LogP contribution is -1.97. The minimum atomic E-state index is 0.522. The van der Waals surface area contributed by atoms with Gasteiger partial charge >= 0.3 is 0 Å². The molecule has 0 aliphatic heterocycles. The van der Waals surface area contributed by atoms with Crippen LogP contribution in [0.1, 0.15) is 11.1 Å². The second kappa shape index (κ2) is 8.06. The van der Waals surface area contributed by atoms with Gasteiger partial charge in [0.2, 0.25) is 0 Å². The molecule has 0 radical (unpaired) electrons. The van der Waals surface area contributed by atoms with Crippen LogP contribution in [-0.2, 0) is 13.2 Å². The molecule has 0 amide bonds. The predicted molar refractivity (Wildman–Crippen MR) is 94.5 cm³/mol. The molecule has 0 aliphatic rings. The van der Waals surface area contributed by atoms with Gasteiger partial charge in [-0.25, -0.2) is 0 Å². The van der Waals surface area contributed by atoms with Gasteiger partial charge in [-0.3, -0.25) is 0 Å². The Hall–Kier alpha value is -2.94. The van der Waals surface area contributed by atoms with E-state index in [1.807, 2.05) is 78.9 Å². The molecule has 3 aromatic carbocycles. The van der Waals surface area contributed by atoms with E-state index in [-0.39, 0.29) is 0 Å². The molecule has 24 heavy (non-hydrogen) atoms. The summed E-state index contributed by atoms with van der Waals surface area (Å²) in [5.41, 5.74) is 2.25. The van der Waals surface area contributed by atoms with Crippen molar-refractivity contribution in [2.45, 2.75) is 13.2 Å². The fourth-order valence-electron chi connectivity index (χ4n) is 2.26. The predicted octanol–water partition coefficient (Wildman–Crippen LogP) is 4.85. The highest BCUT2D eigenvalue weighted by Gasteiger charge is 1.99. The van der Waals surface area contributed by atoms with Gasteiger partial charge in [-0.05, 0) is 47.5 Å². The average Bonchev–Trinajstić information content (AvgIpc) is 2.67. The maximum absolute atomic E-state index is 5.79. The summed E-state index contributed by atoms with van der Waals surface area (Å²) in [5.74, 6) is 2.49. The van der Waals surface area contributed by atoms with E-state index in [0.29, 0.717) is 13.2 Å². The second-order valence-electron chi connectivity index (χ2n) is 5.38. The van der Waals surface area contributed by atoms with E-state index in [1.54, 1.807) is 7.11 Å². The Morgan fingerprint density at radius 3 is 1.50 bits per heavy atom. The first kappa shape index (κ1) is 15.9. The molecule has 0 spiro atoms. The number of methoxy groups -OCH3 is 1. The van der Waals surface area contributed by atoms with Crippen LogP contribution in [0.2, 0.25) is 0 Å². The summed E-state index contributed by atoms with van der Waals surface area (Å²) in [6, 6.07) is 25.7. The fraction of sp³-hybridized carbons (Fsp3) is 0.143. The Morgan fingerprint density at radius 2 is 1.00 bits per heavy atom. The third-order valence-electron chi connectivity index (χ3n) is 3.64. The molecule has 0 fully saturated rings. The van der Waals surface area contributed by atoms with Crippen molar-refractivity contribution in [3.05, 3.63) is 90.0 Å². The molecule has 0 bridgehead atoms. The molecule has 0 saturated heterocycles. The lowest BCUT2D eigenvalue weighted by Gasteiger charge is -2.09. The molecule has 3 nitrogen and oxygen atoms in total. The highest BCUT2D eigenvalue weighted by Crippen LogP contribution is 2.20. The molecule has 0 N–H and O–H groups in total. The Labute approximate surface area is 142 Å². The summed E-state index contributed by atoms with van der Waals surface area (Å²) >= 11 is 0. The molecule has 0 heterocycles. The summed E-state index contributed by atoms with van der Waals surface area (Å²) in [5, 5.41) is 0. The normalized spacial score (nSPS) is 10.2. The Balaban J connectivity index is 1.50. The molecule has 0 aliphatic carbocycles. The van der Waals surface area contributed by atoms with Crippen LogP contribution in [0.4, 0.5) is 0 Å². The van der Waals surface area contributed by atoms with Gasteiger partial charge in [0.05, 0.1) is 7.11 Å². The van der Waals surface area contributed by atoms with Gasteiger partial charge in [0.1, 0.15) is 30.5 Å². The van der Waals surface area contributed by atoms with Gasteiger partial charge in [0, 0.05) is 0 Å². The van der Waals surface area contributed by atoms with Crippen LogP contribution in [0, 0.1) is 0 Å². The summed E-state index contributed by atoms with van der Waals surface area (Å²) < 4.78 is 16.7. The second-order valence-corrected chi connectivity index (χ2v) is 5.38. The first-order chi connectivity index (χ1) is 11.8. The first-order valence-corrected chi connectivity index (χ1v) is 7.86. The standard InChI is InChI=1S/C21H20O3/c1-22-19-9-7-18(8-10-19)16-24-21-13-11-20(12-14-21)23-15-17-5-3-2-4-6-17/h2-14H,15-16H2,1H3. The number of rotatable bonds is 7. The van der Waals surface area contributed by atoms with Crippen molar-refractivity contribution < 1.29 is 14.2 Å². The van der Waals surface area contributed by atoms with Gasteiger partial charge in [-0.2, -0.15) is 0 Å². The zero-order valence-corrected chi connectivity index (χ0v) is 13.6. The van der Waals surface area contributed by atoms with Gasteiger partial charge in [0.25, 0.3) is 0 Å². The largest absolute Gasteiger partial charge is 0.497 e.